The molecule has 1 fully saturated rings. The van der Waals surface area contributed by atoms with E-state index in [2.05, 4.69) is 4.52 Å². The van der Waals surface area contributed by atoms with Gasteiger partial charge in [-0.1, -0.05) is 13.8 Å². The first kappa shape index (κ1) is 14.6. The van der Waals surface area contributed by atoms with Crippen molar-refractivity contribution in [2.24, 2.45) is 5.92 Å². The number of hydrogen-bond acceptors (Lipinski definition) is 3. The maximum absolute atomic E-state index is 11.8. The van der Waals surface area contributed by atoms with Crippen molar-refractivity contribution >= 4 is 13.7 Å². The number of phosphoric acid groups is 1. The van der Waals surface area contributed by atoms with Gasteiger partial charge in [0, 0.05) is 13.0 Å². The summed E-state index contributed by atoms with van der Waals surface area (Å²) in [5.41, 5.74) is 0. The summed E-state index contributed by atoms with van der Waals surface area (Å²) in [6.07, 6.45) is 1.98. The van der Waals surface area contributed by atoms with E-state index in [1.54, 1.807) is 4.90 Å². The van der Waals surface area contributed by atoms with E-state index in [0.29, 0.717) is 18.9 Å². The van der Waals surface area contributed by atoms with Gasteiger partial charge in [0.2, 0.25) is 5.91 Å². The lowest BCUT2D eigenvalue weighted by molar-refractivity contribution is -0.132. The molecular formula is C10H20NO5P. The first-order chi connectivity index (χ1) is 7.83. The lowest BCUT2D eigenvalue weighted by Gasteiger charge is -2.24. The molecule has 1 rings (SSSR count). The molecule has 6 nitrogen and oxygen atoms in total. The second-order valence-corrected chi connectivity index (χ2v) is 5.82. The standard InChI is InChI=1S/C10H20NO5P/c1-3-4-10(12)11-6-8(2)5-9(11)7-16-17(13,14)15/h8-9H,3-7H2,1-2H3,(H2,13,14,15). The van der Waals surface area contributed by atoms with Crippen molar-refractivity contribution in [1.29, 1.82) is 0 Å². The number of amides is 1. The van der Waals surface area contributed by atoms with Gasteiger partial charge in [0.1, 0.15) is 0 Å². The van der Waals surface area contributed by atoms with Crippen LogP contribution in [0.2, 0.25) is 0 Å². The van der Waals surface area contributed by atoms with E-state index in [0.717, 1.165) is 12.8 Å². The van der Waals surface area contributed by atoms with E-state index < -0.39 is 7.82 Å². The lowest BCUT2D eigenvalue weighted by atomic mass is 10.1. The largest absolute Gasteiger partial charge is 0.469 e. The van der Waals surface area contributed by atoms with Crippen molar-refractivity contribution in [1.82, 2.24) is 4.90 Å². The fraction of sp³-hybridized carbons (Fsp3) is 0.900. The Morgan fingerprint density at radius 1 is 1.53 bits per heavy atom. The molecule has 2 unspecified atom stereocenters. The predicted octanol–water partition coefficient (Wildman–Crippen LogP) is 1.13. The topological polar surface area (TPSA) is 87.1 Å². The highest BCUT2D eigenvalue weighted by Gasteiger charge is 2.34. The average molecular weight is 265 g/mol. The van der Waals surface area contributed by atoms with E-state index in [-0.39, 0.29) is 18.6 Å². The highest BCUT2D eigenvalue weighted by Crippen LogP contribution is 2.37. The maximum Gasteiger partial charge on any atom is 0.469 e. The van der Waals surface area contributed by atoms with Gasteiger partial charge < -0.3 is 14.7 Å². The summed E-state index contributed by atoms with van der Waals surface area (Å²) in [6.45, 7) is 4.50. The molecule has 1 heterocycles. The molecule has 0 aromatic rings. The molecule has 7 heteroatoms. The summed E-state index contributed by atoms with van der Waals surface area (Å²) < 4.78 is 15.1. The normalized spacial score (nSPS) is 25.3. The quantitative estimate of drug-likeness (QED) is 0.728. The predicted molar refractivity (Wildman–Crippen MR) is 62.2 cm³/mol. The van der Waals surface area contributed by atoms with Gasteiger partial charge in [-0.2, -0.15) is 0 Å². The van der Waals surface area contributed by atoms with Crippen LogP contribution in [-0.2, 0) is 13.9 Å². The molecule has 0 aromatic heterocycles. The van der Waals surface area contributed by atoms with Crippen LogP contribution >= 0.6 is 7.82 Å². The highest BCUT2D eigenvalue weighted by molar-refractivity contribution is 7.46. The zero-order chi connectivity index (χ0) is 13.1. The third kappa shape index (κ3) is 4.76. The maximum atomic E-state index is 11.8. The van der Waals surface area contributed by atoms with E-state index in [9.17, 15) is 9.36 Å². The number of likely N-dealkylation sites (tertiary alicyclic amines) is 1. The molecule has 0 saturated carbocycles. The van der Waals surface area contributed by atoms with Gasteiger partial charge in [0.05, 0.1) is 12.6 Å². The number of nitrogens with zero attached hydrogens (tertiary/aromatic N) is 1. The second kappa shape index (κ2) is 5.96. The Labute approximate surface area is 101 Å². The zero-order valence-electron chi connectivity index (χ0n) is 10.2. The highest BCUT2D eigenvalue weighted by atomic mass is 31.2. The average Bonchev–Trinajstić information content (AvgIpc) is 2.56. The van der Waals surface area contributed by atoms with Crippen molar-refractivity contribution in [3.8, 4) is 0 Å². The molecule has 0 spiro atoms. The Kier molecular flexibility index (Phi) is 5.13. The Balaban J connectivity index is 2.56. The van der Waals surface area contributed by atoms with Crippen LogP contribution in [0.15, 0.2) is 0 Å². The molecule has 1 saturated heterocycles. The van der Waals surface area contributed by atoms with E-state index in [1.165, 1.54) is 0 Å². The molecule has 1 aliphatic rings. The van der Waals surface area contributed by atoms with Crippen LogP contribution < -0.4 is 0 Å². The fourth-order valence-electron chi connectivity index (χ4n) is 2.16. The van der Waals surface area contributed by atoms with Crippen LogP contribution in [-0.4, -0.2) is 39.8 Å². The Hall–Kier alpha value is -0.420. The molecule has 1 amide bonds. The summed E-state index contributed by atoms with van der Waals surface area (Å²) in [4.78, 5) is 30.8. The Morgan fingerprint density at radius 3 is 2.71 bits per heavy atom. The first-order valence-corrected chi connectivity index (χ1v) is 7.36. The van der Waals surface area contributed by atoms with Gasteiger partial charge in [-0.3, -0.25) is 9.32 Å². The second-order valence-electron chi connectivity index (χ2n) is 4.58. The Bertz CT molecular complexity index is 316. The Morgan fingerprint density at radius 2 is 2.18 bits per heavy atom. The van der Waals surface area contributed by atoms with Crippen molar-refractivity contribution in [2.45, 2.75) is 39.2 Å². The molecule has 0 aliphatic carbocycles. The number of carbonyl (C=O) groups excluding carboxylic acids is 1. The third-order valence-electron chi connectivity index (χ3n) is 2.84. The third-order valence-corrected chi connectivity index (χ3v) is 3.33. The van der Waals surface area contributed by atoms with Crippen LogP contribution in [0, 0.1) is 5.92 Å². The summed E-state index contributed by atoms with van der Waals surface area (Å²) in [5.74, 6) is 0.386. The minimum atomic E-state index is -4.45. The van der Waals surface area contributed by atoms with E-state index >= 15 is 0 Å². The van der Waals surface area contributed by atoms with Crippen molar-refractivity contribution in [3.05, 3.63) is 0 Å². The van der Waals surface area contributed by atoms with Gasteiger partial charge in [-0.25, -0.2) is 4.57 Å². The van der Waals surface area contributed by atoms with Crippen molar-refractivity contribution in [2.75, 3.05) is 13.2 Å². The summed E-state index contributed by atoms with van der Waals surface area (Å²) in [5, 5.41) is 0. The molecule has 0 radical (unpaired) electrons. The summed E-state index contributed by atoms with van der Waals surface area (Å²) in [6, 6.07) is -0.211. The molecule has 1 aliphatic heterocycles. The van der Waals surface area contributed by atoms with Gasteiger partial charge in [0.25, 0.3) is 0 Å². The number of hydrogen-bond donors (Lipinski definition) is 2. The van der Waals surface area contributed by atoms with E-state index in [4.69, 9.17) is 9.79 Å². The van der Waals surface area contributed by atoms with Gasteiger partial charge >= 0.3 is 7.82 Å². The number of carbonyl (C=O) groups is 1. The van der Waals surface area contributed by atoms with Gasteiger partial charge in [-0.15, -0.1) is 0 Å². The fourth-order valence-corrected chi connectivity index (χ4v) is 2.52. The SMILES string of the molecule is CCCC(=O)N1CC(C)CC1COP(=O)(O)O. The van der Waals surface area contributed by atoms with Crippen LogP contribution in [0.3, 0.4) is 0 Å². The van der Waals surface area contributed by atoms with Gasteiger partial charge in [-0.05, 0) is 18.8 Å². The van der Waals surface area contributed by atoms with Gasteiger partial charge in [0.15, 0.2) is 0 Å². The minimum absolute atomic E-state index is 0.0381. The first-order valence-electron chi connectivity index (χ1n) is 5.83. The van der Waals surface area contributed by atoms with Crippen molar-refractivity contribution < 1.29 is 23.7 Å². The number of phosphoric ester groups is 1. The van der Waals surface area contributed by atoms with Crippen LogP contribution in [0.25, 0.3) is 0 Å². The van der Waals surface area contributed by atoms with E-state index in [1.807, 2.05) is 13.8 Å². The zero-order valence-corrected chi connectivity index (χ0v) is 11.1. The van der Waals surface area contributed by atoms with Crippen LogP contribution in [0.5, 0.6) is 0 Å². The number of rotatable bonds is 5. The molecule has 0 aromatic carbocycles. The van der Waals surface area contributed by atoms with Crippen molar-refractivity contribution in [3.63, 3.8) is 0 Å². The molecule has 2 N–H and O–H groups in total. The smallest absolute Gasteiger partial charge is 0.337 e. The molecule has 2 atom stereocenters. The lowest BCUT2D eigenvalue weighted by Crippen LogP contribution is -2.38. The molecule has 0 bridgehead atoms. The van der Waals surface area contributed by atoms with Crippen LogP contribution in [0.1, 0.15) is 33.1 Å². The van der Waals surface area contributed by atoms with Crippen LogP contribution in [0.4, 0.5) is 0 Å². The molecular weight excluding hydrogens is 245 g/mol. The summed E-state index contributed by atoms with van der Waals surface area (Å²) >= 11 is 0. The summed E-state index contributed by atoms with van der Waals surface area (Å²) in [7, 11) is -4.45. The molecule has 100 valence electrons. The molecule has 17 heavy (non-hydrogen) atoms. The monoisotopic (exact) mass is 265 g/mol. The minimum Gasteiger partial charge on any atom is -0.337 e.